The third-order valence-electron chi connectivity index (χ3n) is 4.42. The van der Waals surface area contributed by atoms with E-state index in [0.29, 0.717) is 12.5 Å². The molecule has 1 aliphatic heterocycles. The van der Waals surface area contributed by atoms with E-state index in [1.54, 1.807) is 12.1 Å². The smallest absolute Gasteiger partial charge is 0.227 e. The van der Waals surface area contributed by atoms with Crippen LogP contribution in [0.3, 0.4) is 0 Å². The molecule has 1 amide bonds. The van der Waals surface area contributed by atoms with Crippen LogP contribution in [0, 0.1) is 17.7 Å². The van der Waals surface area contributed by atoms with E-state index in [-0.39, 0.29) is 17.6 Å². The Hall–Kier alpha value is -1.42. The Kier molecular flexibility index (Phi) is 4.54. The summed E-state index contributed by atoms with van der Waals surface area (Å²) < 4.78 is 13.0. The largest absolute Gasteiger partial charge is 0.338 e. The van der Waals surface area contributed by atoms with Crippen LogP contribution in [0.5, 0.6) is 0 Å². The van der Waals surface area contributed by atoms with E-state index in [4.69, 9.17) is 0 Å². The predicted octanol–water partition coefficient (Wildman–Crippen LogP) is 2.56. The first-order valence-electron chi connectivity index (χ1n) is 7.96. The number of halogens is 1. The maximum Gasteiger partial charge on any atom is 0.227 e. The minimum Gasteiger partial charge on any atom is -0.338 e. The minimum atomic E-state index is -0.227. The van der Waals surface area contributed by atoms with Crippen LogP contribution in [0.15, 0.2) is 24.3 Å². The lowest BCUT2D eigenvalue weighted by Gasteiger charge is -2.30. The Balaban J connectivity index is 1.67. The molecule has 4 heteroatoms. The molecule has 0 bridgehead atoms. The molecule has 1 atom stereocenters. The summed E-state index contributed by atoms with van der Waals surface area (Å²) in [7, 11) is 0. The molecule has 1 saturated heterocycles. The summed E-state index contributed by atoms with van der Waals surface area (Å²) in [6.07, 6.45) is 4.52. The Labute approximate surface area is 125 Å². The highest BCUT2D eigenvalue weighted by molar-refractivity contribution is 5.79. The summed E-state index contributed by atoms with van der Waals surface area (Å²) in [4.78, 5) is 14.7. The van der Waals surface area contributed by atoms with Crippen LogP contribution >= 0.6 is 0 Å². The number of rotatable bonds is 5. The fourth-order valence-electron chi connectivity index (χ4n) is 2.98. The van der Waals surface area contributed by atoms with Crippen LogP contribution in [0.1, 0.15) is 31.2 Å². The van der Waals surface area contributed by atoms with E-state index in [1.807, 2.05) is 4.90 Å². The number of carbonyl (C=O) groups excluding carboxylic acids is 1. The van der Waals surface area contributed by atoms with Gasteiger partial charge in [0.25, 0.3) is 0 Å². The molecule has 1 aliphatic carbocycles. The van der Waals surface area contributed by atoms with Gasteiger partial charge in [-0.2, -0.15) is 0 Å². The van der Waals surface area contributed by atoms with Crippen LogP contribution in [0.2, 0.25) is 0 Å². The Morgan fingerprint density at radius 2 is 2.00 bits per heavy atom. The molecule has 0 aromatic heterocycles. The lowest BCUT2D eigenvalue weighted by Crippen LogP contribution is -2.43. The first kappa shape index (κ1) is 14.5. The molecule has 0 spiro atoms. The van der Waals surface area contributed by atoms with Gasteiger partial charge in [0.05, 0.1) is 5.92 Å². The monoisotopic (exact) mass is 290 g/mol. The Bertz CT molecular complexity index is 478. The van der Waals surface area contributed by atoms with Gasteiger partial charge >= 0.3 is 0 Å². The predicted molar refractivity (Wildman–Crippen MR) is 80.1 cm³/mol. The Morgan fingerprint density at radius 1 is 1.24 bits per heavy atom. The molecule has 1 unspecified atom stereocenters. The molecule has 1 heterocycles. The zero-order valence-electron chi connectivity index (χ0n) is 12.4. The number of benzene rings is 1. The molecule has 2 aliphatic rings. The van der Waals surface area contributed by atoms with Gasteiger partial charge in [-0.05, 0) is 55.8 Å². The summed E-state index contributed by atoms with van der Waals surface area (Å²) >= 11 is 0. The fourth-order valence-corrected chi connectivity index (χ4v) is 2.98. The highest BCUT2D eigenvalue weighted by atomic mass is 19.1. The molecule has 3 nitrogen and oxygen atoms in total. The van der Waals surface area contributed by atoms with Crippen molar-refractivity contribution in [3.63, 3.8) is 0 Å². The zero-order valence-corrected chi connectivity index (χ0v) is 12.4. The summed E-state index contributed by atoms with van der Waals surface area (Å²) in [5.41, 5.74) is 1.01. The second kappa shape index (κ2) is 6.56. The standard InChI is InChI=1S/C17H23FN2O/c18-16-7-5-14(6-8-16)12-20(11-13-3-4-13)17(21)15-2-1-9-19-10-15/h5-8,13,15,19H,1-4,9-12H2. The SMILES string of the molecule is O=C(C1CCCNC1)N(Cc1ccc(F)cc1)CC1CC1. The van der Waals surface area contributed by atoms with Crippen LogP contribution in [-0.4, -0.2) is 30.4 Å². The van der Waals surface area contributed by atoms with Gasteiger partial charge in [0.2, 0.25) is 5.91 Å². The normalized spacial score (nSPS) is 22.0. The average molecular weight is 290 g/mol. The van der Waals surface area contributed by atoms with E-state index < -0.39 is 0 Å². The van der Waals surface area contributed by atoms with Crippen LogP contribution in [0.25, 0.3) is 0 Å². The molecule has 2 fully saturated rings. The topological polar surface area (TPSA) is 32.3 Å². The van der Waals surface area contributed by atoms with Gasteiger partial charge in [0.15, 0.2) is 0 Å². The van der Waals surface area contributed by atoms with Crippen LogP contribution in [-0.2, 0) is 11.3 Å². The molecular weight excluding hydrogens is 267 g/mol. The van der Waals surface area contributed by atoms with Crippen molar-refractivity contribution in [3.05, 3.63) is 35.6 Å². The maximum absolute atomic E-state index is 13.0. The number of hydrogen-bond donors (Lipinski definition) is 1. The van der Waals surface area contributed by atoms with Gasteiger partial charge in [-0.15, -0.1) is 0 Å². The van der Waals surface area contributed by atoms with Crippen molar-refractivity contribution in [2.75, 3.05) is 19.6 Å². The van der Waals surface area contributed by atoms with Gasteiger partial charge < -0.3 is 10.2 Å². The molecule has 1 aromatic rings. The van der Waals surface area contributed by atoms with E-state index in [2.05, 4.69) is 5.32 Å². The highest BCUT2D eigenvalue weighted by Crippen LogP contribution is 2.31. The van der Waals surface area contributed by atoms with Gasteiger partial charge in [0.1, 0.15) is 5.82 Å². The quantitative estimate of drug-likeness (QED) is 0.904. The average Bonchev–Trinajstić information content (AvgIpc) is 3.33. The van der Waals surface area contributed by atoms with Crippen molar-refractivity contribution < 1.29 is 9.18 Å². The summed E-state index contributed by atoms with van der Waals surface area (Å²) in [5, 5.41) is 3.31. The van der Waals surface area contributed by atoms with Crippen LogP contribution in [0.4, 0.5) is 4.39 Å². The van der Waals surface area contributed by atoms with E-state index in [9.17, 15) is 9.18 Å². The lowest BCUT2D eigenvalue weighted by atomic mass is 9.97. The first-order valence-corrected chi connectivity index (χ1v) is 7.96. The van der Waals surface area contributed by atoms with Gasteiger partial charge in [-0.1, -0.05) is 12.1 Å². The first-order chi connectivity index (χ1) is 10.2. The van der Waals surface area contributed by atoms with E-state index in [1.165, 1.54) is 25.0 Å². The van der Waals surface area contributed by atoms with Crippen molar-refractivity contribution >= 4 is 5.91 Å². The van der Waals surface area contributed by atoms with Crippen molar-refractivity contribution in [2.24, 2.45) is 11.8 Å². The number of amides is 1. The van der Waals surface area contributed by atoms with Gasteiger partial charge in [-0.3, -0.25) is 4.79 Å². The summed E-state index contributed by atoms with van der Waals surface area (Å²) in [5.74, 6) is 0.817. The van der Waals surface area contributed by atoms with Crippen molar-refractivity contribution in [3.8, 4) is 0 Å². The van der Waals surface area contributed by atoms with Crippen molar-refractivity contribution in [1.82, 2.24) is 10.2 Å². The van der Waals surface area contributed by atoms with Crippen molar-refractivity contribution in [1.29, 1.82) is 0 Å². The Morgan fingerprint density at radius 3 is 2.62 bits per heavy atom. The molecule has 0 radical (unpaired) electrons. The van der Waals surface area contributed by atoms with Crippen molar-refractivity contribution in [2.45, 2.75) is 32.2 Å². The zero-order chi connectivity index (χ0) is 14.7. The number of nitrogens with zero attached hydrogens (tertiary/aromatic N) is 1. The molecule has 3 rings (SSSR count). The summed E-state index contributed by atoms with van der Waals surface area (Å²) in [6, 6.07) is 6.50. The number of nitrogens with one attached hydrogen (secondary N) is 1. The molecule has 114 valence electrons. The number of carbonyl (C=O) groups is 1. The number of piperidine rings is 1. The van der Waals surface area contributed by atoms with E-state index >= 15 is 0 Å². The third-order valence-corrected chi connectivity index (χ3v) is 4.42. The van der Waals surface area contributed by atoms with E-state index in [0.717, 1.165) is 38.0 Å². The highest BCUT2D eigenvalue weighted by Gasteiger charge is 2.31. The molecule has 1 aromatic carbocycles. The maximum atomic E-state index is 13.0. The lowest BCUT2D eigenvalue weighted by molar-refractivity contribution is -0.137. The molecule has 1 saturated carbocycles. The second-order valence-corrected chi connectivity index (χ2v) is 6.33. The minimum absolute atomic E-state index is 0.109. The molecule has 1 N–H and O–H groups in total. The fraction of sp³-hybridized carbons (Fsp3) is 0.588. The van der Waals surface area contributed by atoms with Gasteiger partial charge in [-0.25, -0.2) is 4.39 Å². The van der Waals surface area contributed by atoms with Crippen LogP contribution < -0.4 is 5.32 Å². The number of hydrogen-bond acceptors (Lipinski definition) is 2. The molecule has 21 heavy (non-hydrogen) atoms. The third kappa shape index (κ3) is 4.03. The second-order valence-electron chi connectivity index (χ2n) is 6.33. The van der Waals surface area contributed by atoms with Gasteiger partial charge in [0, 0.05) is 19.6 Å². The molecular formula is C17H23FN2O. The summed E-state index contributed by atoms with van der Waals surface area (Å²) in [6.45, 7) is 3.27.